The number of carbonyl (C=O) groups excluding carboxylic acids is 1. The van der Waals surface area contributed by atoms with Gasteiger partial charge in [-0.3, -0.25) is 9.69 Å². The number of fused-ring (bicyclic) bond motifs is 1. The van der Waals surface area contributed by atoms with Crippen molar-refractivity contribution < 1.29 is 9.90 Å². The van der Waals surface area contributed by atoms with Crippen LogP contribution in [0.3, 0.4) is 0 Å². The molecule has 134 valence electrons. The molecule has 7 nitrogen and oxygen atoms in total. The van der Waals surface area contributed by atoms with Crippen molar-refractivity contribution in [3.8, 4) is 5.75 Å². The predicted octanol–water partition coefficient (Wildman–Crippen LogP) is 2.16. The van der Waals surface area contributed by atoms with Crippen molar-refractivity contribution in [2.45, 2.75) is 0 Å². The predicted molar refractivity (Wildman–Crippen MR) is 103 cm³/mol. The standard InChI is InChI=1S/C18H19N5O2S/c24-16-7-2-1-6-15(16)23-10-8-22(9-11-23)12-17(25)19-13-4-3-5-14-18(13)21-26-20-14/h1-7,24H,8-12H2,(H,19,25). The molecular formula is C18H19N5O2S. The summed E-state index contributed by atoms with van der Waals surface area (Å²) in [5, 5.41) is 12.9. The van der Waals surface area contributed by atoms with Gasteiger partial charge in [-0.25, -0.2) is 0 Å². The molecule has 8 heteroatoms. The summed E-state index contributed by atoms with van der Waals surface area (Å²) in [5.41, 5.74) is 3.08. The summed E-state index contributed by atoms with van der Waals surface area (Å²) in [6.45, 7) is 3.42. The minimum Gasteiger partial charge on any atom is -0.506 e. The zero-order valence-corrected chi connectivity index (χ0v) is 14.9. The number of aromatic hydroxyl groups is 1. The number of benzene rings is 2. The van der Waals surface area contributed by atoms with Crippen LogP contribution < -0.4 is 10.2 Å². The number of hydrogen-bond acceptors (Lipinski definition) is 7. The maximum Gasteiger partial charge on any atom is 0.238 e. The Morgan fingerprint density at radius 3 is 2.69 bits per heavy atom. The number of aromatic nitrogens is 2. The molecule has 4 rings (SSSR count). The Bertz CT molecular complexity index is 921. The Morgan fingerprint density at radius 2 is 1.88 bits per heavy atom. The molecule has 26 heavy (non-hydrogen) atoms. The zero-order chi connectivity index (χ0) is 17.9. The summed E-state index contributed by atoms with van der Waals surface area (Å²) in [5.74, 6) is 0.241. The van der Waals surface area contributed by atoms with Crippen LogP contribution in [0.1, 0.15) is 0 Å². The monoisotopic (exact) mass is 369 g/mol. The fraction of sp³-hybridized carbons (Fsp3) is 0.278. The number of phenolic OH excluding ortho intramolecular Hbond substituents is 1. The first-order valence-corrected chi connectivity index (χ1v) is 9.20. The molecule has 0 aliphatic carbocycles. The van der Waals surface area contributed by atoms with Crippen molar-refractivity contribution in [3.05, 3.63) is 42.5 Å². The first-order chi connectivity index (χ1) is 12.7. The van der Waals surface area contributed by atoms with E-state index in [1.54, 1.807) is 6.07 Å². The fourth-order valence-electron chi connectivity index (χ4n) is 3.18. The third kappa shape index (κ3) is 3.47. The molecule has 1 fully saturated rings. The number of amides is 1. The Morgan fingerprint density at radius 1 is 1.08 bits per heavy atom. The molecule has 0 saturated carbocycles. The van der Waals surface area contributed by atoms with Gasteiger partial charge in [0.1, 0.15) is 16.8 Å². The number of hydrogen-bond donors (Lipinski definition) is 2. The summed E-state index contributed by atoms with van der Waals surface area (Å²) in [7, 11) is 0. The summed E-state index contributed by atoms with van der Waals surface area (Å²) in [4.78, 5) is 16.7. The van der Waals surface area contributed by atoms with Gasteiger partial charge in [-0.2, -0.15) is 8.75 Å². The molecule has 0 radical (unpaired) electrons. The van der Waals surface area contributed by atoms with Crippen molar-refractivity contribution in [1.82, 2.24) is 13.6 Å². The van der Waals surface area contributed by atoms with Crippen molar-refractivity contribution in [2.75, 3.05) is 42.9 Å². The fourth-order valence-corrected chi connectivity index (χ4v) is 3.73. The number of carbonyl (C=O) groups is 1. The molecule has 1 amide bonds. The molecule has 0 unspecified atom stereocenters. The topological polar surface area (TPSA) is 81.6 Å². The first kappa shape index (κ1) is 16.7. The number of phenols is 1. The molecule has 0 spiro atoms. The number of para-hydroxylation sites is 2. The van der Waals surface area contributed by atoms with Crippen LogP contribution in [0.25, 0.3) is 11.0 Å². The molecule has 1 aromatic heterocycles. The van der Waals surface area contributed by atoms with Gasteiger partial charge < -0.3 is 15.3 Å². The van der Waals surface area contributed by atoms with E-state index in [4.69, 9.17) is 0 Å². The molecule has 2 N–H and O–H groups in total. The average Bonchev–Trinajstić information content (AvgIpc) is 3.13. The van der Waals surface area contributed by atoms with E-state index >= 15 is 0 Å². The summed E-state index contributed by atoms with van der Waals surface area (Å²) >= 11 is 1.14. The van der Waals surface area contributed by atoms with Crippen LogP contribution in [0.4, 0.5) is 11.4 Å². The van der Waals surface area contributed by atoms with Crippen molar-refractivity contribution in [1.29, 1.82) is 0 Å². The van der Waals surface area contributed by atoms with E-state index in [0.29, 0.717) is 18.0 Å². The van der Waals surface area contributed by atoms with Crippen molar-refractivity contribution >= 4 is 40.0 Å². The van der Waals surface area contributed by atoms with Crippen LogP contribution in [-0.2, 0) is 4.79 Å². The van der Waals surface area contributed by atoms with Gasteiger partial charge in [-0.1, -0.05) is 18.2 Å². The third-order valence-corrected chi connectivity index (χ3v) is 5.06. The van der Waals surface area contributed by atoms with E-state index in [0.717, 1.165) is 54.6 Å². The van der Waals surface area contributed by atoms with Crippen LogP contribution in [-0.4, -0.2) is 57.4 Å². The molecule has 3 aromatic rings. The van der Waals surface area contributed by atoms with Gasteiger partial charge in [0.25, 0.3) is 0 Å². The molecule has 1 aliphatic heterocycles. The zero-order valence-electron chi connectivity index (χ0n) is 14.1. The Hall–Kier alpha value is -2.71. The number of nitrogens with zero attached hydrogens (tertiary/aromatic N) is 4. The largest absolute Gasteiger partial charge is 0.506 e. The Kier molecular flexibility index (Phi) is 4.68. The molecule has 2 aromatic carbocycles. The van der Waals surface area contributed by atoms with E-state index in [2.05, 4.69) is 23.9 Å². The molecule has 1 aliphatic rings. The van der Waals surface area contributed by atoms with Gasteiger partial charge in [0, 0.05) is 26.2 Å². The van der Waals surface area contributed by atoms with E-state index in [1.165, 1.54) is 0 Å². The van der Waals surface area contributed by atoms with E-state index in [-0.39, 0.29) is 5.91 Å². The highest BCUT2D eigenvalue weighted by Crippen LogP contribution is 2.27. The Labute approximate surface area is 155 Å². The molecule has 0 atom stereocenters. The van der Waals surface area contributed by atoms with Gasteiger partial charge in [0.2, 0.25) is 5.91 Å². The first-order valence-electron chi connectivity index (χ1n) is 8.47. The van der Waals surface area contributed by atoms with E-state index in [9.17, 15) is 9.90 Å². The van der Waals surface area contributed by atoms with Crippen LogP contribution in [0.5, 0.6) is 5.75 Å². The van der Waals surface area contributed by atoms with Crippen LogP contribution in [0.15, 0.2) is 42.5 Å². The van der Waals surface area contributed by atoms with Gasteiger partial charge >= 0.3 is 0 Å². The minimum absolute atomic E-state index is 0.0542. The molecule has 1 saturated heterocycles. The molecule has 0 bridgehead atoms. The smallest absolute Gasteiger partial charge is 0.238 e. The average molecular weight is 369 g/mol. The maximum absolute atomic E-state index is 12.4. The van der Waals surface area contributed by atoms with Gasteiger partial charge in [0.05, 0.1) is 29.6 Å². The minimum atomic E-state index is -0.0542. The van der Waals surface area contributed by atoms with Crippen LogP contribution >= 0.6 is 11.7 Å². The van der Waals surface area contributed by atoms with Crippen molar-refractivity contribution in [3.63, 3.8) is 0 Å². The lowest BCUT2D eigenvalue weighted by Crippen LogP contribution is -2.48. The highest BCUT2D eigenvalue weighted by molar-refractivity contribution is 7.00. The third-order valence-electron chi connectivity index (χ3n) is 4.52. The lowest BCUT2D eigenvalue weighted by atomic mass is 10.2. The SMILES string of the molecule is O=C(CN1CCN(c2ccccc2O)CC1)Nc1cccc2nsnc12. The van der Waals surface area contributed by atoms with E-state index in [1.807, 2.05) is 36.4 Å². The lowest BCUT2D eigenvalue weighted by molar-refractivity contribution is -0.117. The highest BCUT2D eigenvalue weighted by Gasteiger charge is 2.21. The van der Waals surface area contributed by atoms with Gasteiger partial charge in [0.15, 0.2) is 0 Å². The number of anilines is 2. The Balaban J connectivity index is 1.34. The summed E-state index contributed by atoms with van der Waals surface area (Å²) in [6.07, 6.45) is 0. The second kappa shape index (κ2) is 7.27. The summed E-state index contributed by atoms with van der Waals surface area (Å²) in [6, 6.07) is 12.9. The van der Waals surface area contributed by atoms with Crippen molar-refractivity contribution in [2.24, 2.45) is 0 Å². The van der Waals surface area contributed by atoms with Gasteiger partial charge in [-0.05, 0) is 24.3 Å². The van der Waals surface area contributed by atoms with E-state index < -0.39 is 0 Å². The quantitative estimate of drug-likeness (QED) is 0.733. The molecular weight excluding hydrogens is 350 g/mol. The highest BCUT2D eigenvalue weighted by atomic mass is 32.1. The number of nitrogens with one attached hydrogen (secondary N) is 1. The molecule has 2 heterocycles. The number of rotatable bonds is 4. The second-order valence-electron chi connectivity index (χ2n) is 6.24. The normalized spacial score (nSPS) is 15.3. The summed E-state index contributed by atoms with van der Waals surface area (Å²) < 4.78 is 8.43. The van der Waals surface area contributed by atoms with Crippen LogP contribution in [0.2, 0.25) is 0 Å². The lowest BCUT2D eigenvalue weighted by Gasteiger charge is -2.35. The van der Waals surface area contributed by atoms with Crippen LogP contribution in [0, 0.1) is 0 Å². The number of piperazine rings is 1. The van der Waals surface area contributed by atoms with Gasteiger partial charge in [-0.15, -0.1) is 0 Å². The second-order valence-corrected chi connectivity index (χ2v) is 6.77. The maximum atomic E-state index is 12.4.